The Bertz CT molecular complexity index is 1800. The van der Waals surface area contributed by atoms with Crippen molar-refractivity contribution < 1.29 is 62.6 Å². The Morgan fingerprint density at radius 2 is 1.39 bits per heavy atom. The van der Waals surface area contributed by atoms with Crippen LogP contribution in [0.4, 0.5) is 0 Å². The Kier molecular flexibility index (Phi) is 25.3. The van der Waals surface area contributed by atoms with Crippen LogP contribution >= 0.6 is 0 Å². The number of hydrogen-bond donors (Lipinski definition) is 7. The van der Waals surface area contributed by atoms with Gasteiger partial charge in [0.15, 0.2) is 28.9 Å². The average molecular weight is 946 g/mol. The number of rotatable bonds is 34. The molecule has 6 amide bonds. The second kappa shape index (κ2) is 29.4. The van der Waals surface area contributed by atoms with Crippen molar-refractivity contribution in [1.29, 1.82) is 0 Å². The van der Waals surface area contributed by atoms with Gasteiger partial charge in [-0.25, -0.2) is 0 Å². The third-order valence-corrected chi connectivity index (χ3v) is 12.2. The molecule has 20 nitrogen and oxygen atoms in total. The lowest BCUT2D eigenvalue weighted by atomic mass is 9.88. The number of hydrogen-bond acceptors (Lipinski definition) is 13. The zero-order chi connectivity index (χ0) is 50.4. The van der Waals surface area contributed by atoms with Gasteiger partial charge in [-0.15, -0.1) is 0 Å². The number of primary amides is 1. The number of unbranched alkanes of at least 4 members (excludes halogenated alkanes) is 1. The van der Waals surface area contributed by atoms with Gasteiger partial charge < -0.3 is 42.7 Å². The van der Waals surface area contributed by atoms with Crippen LogP contribution in [0.5, 0.6) is 0 Å². The Balaban J connectivity index is 1.98. The van der Waals surface area contributed by atoms with Gasteiger partial charge in [-0.1, -0.05) is 34.1 Å². The van der Waals surface area contributed by atoms with Crippen LogP contribution in [-0.2, 0) is 57.5 Å². The molecular weight excluding hydrogens is 871 g/mol. The summed E-state index contributed by atoms with van der Waals surface area (Å²) < 4.78 is 0. The summed E-state index contributed by atoms with van der Waals surface area (Å²) in [4.78, 5) is 155. The molecule has 0 saturated carbocycles. The summed E-state index contributed by atoms with van der Waals surface area (Å²) in [6.45, 7) is 9.12. The molecule has 2 saturated heterocycles. The highest BCUT2D eigenvalue weighted by atomic mass is 16.4. The molecule has 0 aromatic carbocycles. The van der Waals surface area contributed by atoms with E-state index < -0.39 is 101 Å². The lowest BCUT2D eigenvalue weighted by Crippen LogP contribution is -2.45. The predicted molar refractivity (Wildman–Crippen MR) is 244 cm³/mol. The molecule has 0 aliphatic carbocycles. The monoisotopic (exact) mass is 946 g/mol. The van der Waals surface area contributed by atoms with E-state index in [1.807, 2.05) is 27.7 Å². The van der Waals surface area contributed by atoms with Crippen molar-refractivity contribution in [3.05, 3.63) is 0 Å². The van der Waals surface area contributed by atoms with Crippen LogP contribution in [0.3, 0.4) is 0 Å². The van der Waals surface area contributed by atoms with Crippen molar-refractivity contribution in [2.24, 2.45) is 41.1 Å². The zero-order valence-corrected chi connectivity index (χ0v) is 40.0. The number of carbonyl (C=O) groups is 12. The lowest BCUT2D eigenvalue weighted by Gasteiger charge is -2.25. The van der Waals surface area contributed by atoms with Crippen LogP contribution in [0.2, 0.25) is 0 Å². The van der Waals surface area contributed by atoms with Crippen LogP contribution in [0.15, 0.2) is 0 Å². The Hall–Kier alpha value is -5.40. The second-order valence-corrected chi connectivity index (χ2v) is 19.0. The van der Waals surface area contributed by atoms with E-state index in [4.69, 9.17) is 11.5 Å². The molecular formula is C47H75N7O13. The smallest absolute Gasteiger partial charge is 0.306 e. The van der Waals surface area contributed by atoms with Gasteiger partial charge in [-0.2, -0.15) is 0 Å². The van der Waals surface area contributed by atoms with E-state index in [1.54, 1.807) is 0 Å². The average Bonchev–Trinajstić information content (AvgIpc) is 3.93. The molecule has 67 heavy (non-hydrogen) atoms. The van der Waals surface area contributed by atoms with E-state index in [2.05, 4.69) is 21.3 Å². The summed E-state index contributed by atoms with van der Waals surface area (Å²) in [6, 6.07) is -3.65. The summed E-state index contributed by atoms with van der Waals surface area (Å²) >= 11 is 0. The van der Waals surface area contributed by atoms with E-state index in [0.29, 0.717) is 51.6 Å². The highest BCUT2D eigenvalue weighted by Gasteiger charge is 2.37. The molecule has 9 N–H and O–H groups in total. The minimum atomic E-state index is -1.19. The first-order valence-corrected chi connectivity index (χ1v) is 23.8. The summed E-state index contributed by atoms with van der Waals surface area (Å²) in [7, 11) is 0. The maximum Gasteiger partial charge on any atom is 0.306 e. The van der Waals surface area contributed by atoms with Gasteiger partial charge in [0.2, 0.25) is 35.4 Å². The Labute approximate surface area is 393 Å². The fourth-order valence-electron chi connectivity index (χ4n) is 8.53. The van der Waals surface area contributed by atoms with E-state index in [9.17, 15) is 62.6 Å². The van der Waals surface area contributed by atoms with Crippen molar-refractivity contribution in [2.45, 2.75) is 174 Å². The summed E-state index contributed by atoms with van der Waals surface area (Å²) in [5.41, 5.74) is 10.8. The van der Waals surface area contributed by atoms with Gasteiger partial charge >= 0.3 is 5.97 Å². The number of carboxylic acids is 1. The number of carbonyl (C=O) groups excluding carboxylic acids is 11. The molecule has 2 aliphatic heterocycles. The fraction of sp³-hybridized carbons (Fsp3) is 0.745. The molecule has 2 aliphatic rings. The van der Waals surface area contributed by atoms with Crippen LogP contribution in [-0.4, -0.2) is 124 Å². The standard InChI is InChI=1S/C47H75N7O13/c1-27(2)21-31(46(65)51-29(5)37(56)14-18-44(63)54-20-8-10-36(54)40(59)24-30(47(66)67)9-6-7-19-48)23-33(55)26-50-45(64)32(22-28(3)4)25-39(58)35(11-15-41(49)60)53-43(62)17-13-38(57)34-12-16-42(61)52-34/h27-32,34-36H,6-26,48H2,1-5H3,(H2,49,60)(H,50,64)(H,51,65)(H,52,61)(H,53,62)(H,66,67)/t29-,30+,31+,32+,34-,35-,36-/m0/s1. The molecule has 0 spiro atoms. The number of ketones is 5. The van der Waals surface area contributed by atoms with Gasteiger partial charge in [-0.3, -0.25) is 57.5 Å². The largest absolute Gasteiger partial charge is 0.481 e. The minimum Gasteiger partial charge on any atom is -0.481 e. The van der Waals surface area contributed by atoms with Crippen molar-refractivity contribution in [3.8, 4) is 0 Å². The van der Waals surface area contributed by atoms with E-state index >= 15 is 0 Å². The van der Waals surface area contributed by atoms with E-state index in [-0.39, 0.29) is 106 Å². The fourth-order valence-corrected chi connectivity index (χ4v) is 8.53. The molecule has 0 aromatic rings. The van der Waals surface area contributed by atoms with Crippen molar-refractivity contribution in [1.82, 2.24) is 26.2 Å². The number of amides is 6. The number of nitrogens with two attached hydrogens (primary N) is 2. The first-order valence-electron chi connectivity index (χ1n) is 23.8. The molecule has 376 valence electrons. The maximum atomic E-state index is 13.6. The second-order valence-electron chi connectivity index (χ2n) is 19.0. The summed E-state index contributed by atoms with van der Waals surface area (Å²) in [6.07, 6.45) is 1.43. The van der Waals surface area contributed by atoms with Crippen molar-refractivity contribution >= 4 is 70.3 Å². The van der Waals surface area contributed by atoms with Crippen LogP contribution in [0.25, 0.3) is 0 Å². The lowest BCUT2D eigenvalue weighted by molar-refractivity contribution is -0.145. The maximum absolute atomic E-state index is 13.6. The van der Waals surface area contributed by atoms with Gasteiger partial charge in [0.05, 0.1) is 36.6 Å². The van der Waals surface area contributed by atoms with Gasteiger partial charge in [0.1, 0.15) is 0 Å². The SMILES string of the molecule is CC(C)C[C@H](CC(=O)[C@H](CCC(N)=O)NC(=O)CCC(=O)[C@@H]1CCC(=O)N1)C(=O)NCC(=O)C[C@@H](CC(C)C)C(=O)N[C@@H](C)C(=O)CCC(=O)N1CCC[C@H]1C(=O)C[C@@H](CCCCN)C(=O)O. The summed E-state index contributed by atoms with van der Waals surface area (Å²) in [5, 5.41) is 20.0. The molecule has 0 unspecified atom stereocenters. The topological polar surface area (TPSA) is 328 Å². The third kappa shape index (κ3) is 21.4. The summed E-state index contributed by atoms with van der Waals surface area (Å²) in [5.74, 6) is -9.16. The number of carboxylic acid groups (broad SMARTS) is 1. The molecule has 7 atom stereocenters. The van der Waals surface area contributed by atoms with Crippen molar-refractivity contribution in [3.63, 3.8) is 0 Å². The number of Topliss-reactive ketones (excluding diaryl/α,β-unsaturated/α-hetero) is 5. The highest BCUT2D eigenvalue weighted by molar-refractivity contribution is 5.98. The molecule has 2 fully saturated rings. The molecule has 2 rings (SSSR count). The van der Waals surface area contributed by atoms with E-state index in [0.717, 1.165) is 0 Å². The van der Waals surface area contributed by atoms with Gasteiger partial charge in [0.25, 0.3) is 0 Å². The number of likely N-dealkylation sites (tertiary alicyclic amines) is 1. The van der Waals surface area contributed by atoms with E-state index in [1.165, 1.54) is 11.8 Å². The number of nitrogens with zero attached hydrogens (tertiary/aromatic N) is 1. The van der Waals surface area contributed by atoms with Crippen molar-refractivity contribution in [2.75, 3.05) is 19.6 Å². The molecule has 0 radical (unpaired) electrons. The van der Waals surface area contributed by atoms with Crippen LogP contribution in [0.1, 0.15) is 150 Å². The highest BCUT2D eigenvalue weighted by Crippen LogP contribution is 2.25. The zero-order valence-electron chi connectivity index (χ0n) is 40.0. The molecule has 0 aromatic heterocycles. The predicted octanol–water partition coefficient (Wildman–Crippen LogP) is 1.36. The number of aliphatic carboxylic acids is 1. The third-order valence-electron chi connectivity index (χ3n) is 12.2. The van der Waals surface area contributed by atoms with Crippen LogP contribution in [0, 0.1) is 29.6 Å². The first-order chi connectivity index (χ1) is 31.5. The molecule has 20 heteroatoms. The van der Waals surface area contributed by atoms with Gasteiger partial charge in [-0.05, 0) is 76.7 Å². The molecule has 2 heterocycles. The Morgan fingerprint density at radius 1 is 0.731 bits per heavy atom. The number of nitrogens with one attached hydrogen (secondary N) is 4. The van der Waals surface area contributed by atoms with Crippen LogP contribution < -0.4 is 32.7 Å². The Morgan fingerprint density at radius 3 is 1.97 bits per heavy atom. The molecule has 0 bridgehead atoms. The normalized spacial score (nSPS) is 18.0. The van der Waals surface area contributed by atoms with Gasteiger partial charge in [0, 0.05) is 76.2 Å². The first kappa shape index (κ1) is 57.7. The quantitative estimate of drug-likeness (QED) is 0.0448. The minimum absolute atomic E-state index is 0.0329.